The molecule has 2 N–H and O–H groups in total. The lowest BCUT2D eigenvalue weighted by Crippen LogP contribution is -2.40. The maximum atomic E-state index is 11.9. The van der Waals surface area contributed by atoms with Gasteiger partial charge in [-0.1, -0.05) is 18.2 Å². The van der Waals surface area contributed by atoms with Crippen LogP contribution in [0.5, 0.6) is 0 Å². The van der Waals surface area contributed by atoms with E-state index in [-0.39, 0.29) is 4.90 Å². The Morgan fingerprint density at radius 2 is 2.00 bits per heavy atom. The van der Waals surface area contributed by atoms with Crippen LogP contribution in [-0.4, -0.2) is 52.5 Å². The van der Waals surface area contributed by atoms with E-state index in [1.807, 2.05) is 11.9 Å². The molecule has 104 valence electrons. The largest absolute Gasteiger partial charge is 0.355 e. The number of nitrogens with zero attached hydrogens (tertiary/aromatic N) is 2. The first-order valence-electron chi connectivity index (χ1n) is 6.14. The Labute approximate surface area is 113 Å². The second-order valence-electron chi connectivity index (χ2n) is 4.26. The molecule has 0 radical (unpaired) electrons. The Hall–Kier alpha value is -1.60. The number of hydrogen-bond donors (Lipinski definition) is 2. The molecular weight excluding hydrogens is 264 g/mol. The van der Waals surface area contributed by atoms with Crippen LogP contribution in [0.15, 0.2) is 40.2 Å². The second kappa shape index (κ2) is 6.03. The molecule has 2 rings (SSSR count). The summed E-state index contributed by atoms with van der Waals surface area (Å²) >= 11 is 0. The van der Waals surface area contributed by atoms with Crippen LogP contribution in [0.25, 0.3) is 0 Å². The molecule has 1 aliphatic heterocycles. The van der Waals surface area contributed by atoms with Crippen LogP contribution < -0.4 is 10.0 Å². The Morgan fingerprint density at radius 3 is 2.63 bits per heavy atom. The summed E-state index contributed by atoms with van der Waals surface area (Å²) in [6.07, 6.45) is 0. The summed E-state index contributed by atoms with van der Waals surface area (Å²) in [5.41, 5.74) is 0. The molecule has 0 saturated carbocycles. The summed E-state index contributed by atoms with van der Waals surface area (Å²) in [5.74, 6) is 0.818. The van der Waals surface area contributed by atoms with Crippen LogP contribution in [0.4, 0.5) is 0 Å². The fourth-order valence-electron chi connectivity index (χ4n) is 1.77. The van der Waals surface area contributed by atoms with Crippen LogP contribution in [0, 0.1) is 0 Å². The number of hydrogen-bond acceptors (Lipinski definition) is 5. The number of sulfonamides is 1. The van der Waals surface area contributed by atoms with Crippen molar-refractivity contribution in [3.05, 3.63) is 30.3 Å². The van der Waals surface area contributed by atoms with Crippen LogP contribution >= 0.6 is 0 Å². The zero-order chi connectivity index (χ0) is 13.7. The smallest absolute Gasteiger partial charge is 0.240 e. The summed E-state index contributed by atoms with van der Waals surface area (Å²) in [5, 5.41) is 3.10. The van der Waals surface area contributed by atoms with E-state index in [1.165, 1.54) is 0 Å². The molecule has 6 nitrogen and oxygen atoms in total. The van der Waals surface area contributed by atoms with Crippen molar-refractivity contribution in [2.45, 2.75) is 4.90 Å². The van der Waals surface area contributed by atoms with E-state index < -0.39 is 10.0 Å². The topological polar surface area (TPSA) is 73.8 Å². The van der Waals surface area contributed by atoms with Crippen LogP contribution in [0.1, 0.15) is 0 Å². The van der Waals surface area contributed by atoms with E-state index >= 15 is 0 Å². The summed E-state index contributed by atoms with van der Waals surface area (Å²) in [4.78, 5) is 6.55. The quantitative estimate of drug-likeness (QED) is 0.737. The highest BCUT2D eigenvalue weighted by Crippen LogP contribution is 2.06. The third-order valence-electron chi connectivity index (χ3n) is 2.81. The zero-order valence-corrected chi connectivity index (χ0v) is 11.7. The predicted molar refractivity (Wildman–Crippen MR) is 74.6 cm³/mol. The average Bonchev–Trinajstić information content (AvgIpc) is 2.81. The van der Waals surface area contributed by atoms with Gasteiger partial charge in [-0.3, -0.25) is 4.99 Å². The van der Waals surface area contributed by atoms with E-state index in [9.17, 15) is 8.42 Å². The van der Waals surface area contributed by atoms with Gasteiger partial charge >= 0.3 is 0 Å². The Balaban J connectivity index is 1.80. The first-order chi connectivity index (χ1) is 9.09. The van der Waals surface area contributed by atoms with Crippen molar-refractivity contribution in [2.24, 2.45) is 4.99 Å². The van der Waals surface area contributed by atoms with Gasteiger partial charge in [0.15, 0.2) is 5.96 Å². The van der Waals surface area contributed by atoms with Gasteiger partial charge in [-0.25, -0.2) is 13.1 Å². The van der Waals surface area contributed by atoms with Gasteiger partial charge in [0.05, 0.1) is 11.4 Å². The van der Waals surface area contributed by atoms with Gasteiger partial charge in [0.25, 0.3) is 0 Å². The zero-order valence-electron chi connectivity index (χ0n) is 10.8. The van der Waals surface area contributed by atoms with E-state index in [0.29, 0.717) is 13.1 Å². The molecule has 0 aliphatic carbocycles. The molecule has 0 unspecified atom stereocenters. The number of benzene rings is 1. The van der Waals surface area contributed by atoms with Crippen molar-refractivity contribution in [1.29, 1.82) is 0 Å². The molecule has 19 heavy (non-hydrogen) atoms. The number of nitrogens with one attached hydrogen (secondary N) is 2. The minimum Gasteiger partial charge on any atom is -0.355 e. The molecule has 0 atom stereocenters. The lowest BCUT2D eigenvalue weighted by atomic mass is 10.4. The molecule has 1 aromatic rings. The van der Waals surface area contributed by atoms with E-state index in [2.05, 4.69) is 15.0 Å². The maximum absolute atomic E-state index is 11.9. The summed E-state index contributed by atoms with van der Waals surface area (Å²) in [6, 6.07) is 8.34. The minimum atomic E-state index is -3.41. The summed E-state index contributed by atoms with van der Waals surface area (Å²) < 4.78 is 26.4. The number of guanidine groups is 1. The Kier molecular flexibility index (Phi) is 4.39. The third kappa shape index (κ3) is 3.68. The summed E-state index contributed by atoms with van der Waals surface area (Å²) in [7, 11) is -1.46. The number of aliphatic imine (C=N–C) groups is 1. The van der Waals surface area contributed by atoms with Crippen molar-refractivity contribution in [2.75, 3.05) is 33.2 Å². The first-order valence-corrected chi connectivity index (χ1v) is 7.62. The number of rotatable bonds is 5. The lowest BCUT2D eigenvalue weighted by molar-refractivity contribution is 0.533. The molecule has 0 fully saturated rings. The Morgan fingerprint density at radius 1 is 1.26 bits per heavy atom. The van der Waals surface area contributed by atoms with Crippen molar-refractivity contribution in [3.8, 4) is 0 Å². The molecular formula is C12H18N4O2S. The van der Waals surface area contributed by atoms with Crippen molar-refractivity contribution in [1.82, 2.24) is 14.9 Å². The normalized spacial score (nSPS) is 15.4. The SMILES string of the molecule is CN1CCN=C1NCCNS(=O)(=O)c1ccccc1. The average molecular weight is 282 g/mol. The highest BCUT2D eigenvalue weighted by atomic mass is 32.2. The third-order valence-corrected chi connectivity index (χ3v) is 4.29. The first kappa shape index (κ1) is 13.8. The maximum Gasteiger partial charge on any atom is 0.240 e. The molecule has 0 spiro atoms. The lowest BCUT2D eigenvalue weighted by Gasteiger charge is -2.15. The van der Waals surface area contributed by atoms with Gasteiger partial charge in [0, 0.05) is 26.7 Å². The van der Waals surface area contributed by atoms with E-state index in [1.54, 1.807) is 30.3 Å². The van der Waals surface area contributed by atoms with Crippen LogP contribution in [-0.2, 0) is 10.0 Å². The van der Waals surface area contributed by atoms with Crippen LogP contribution in [0.3, 0.4) is 0 Å². The fraction of sp³-hybridized carbons (Fsp3) is 0.417. The van der Waals surface area contributed by atoms with Crippen LogP contribution in [0.2, 0.25) is 0 Å². The standard InChI is InChI=1S/C12H18N4O2S/c1-16-10-9-14-12(16)13-7-8-15-19(17,18)11-5-3-2-4-6-11/h2-6,15H,7-10H2,1H3,(H,13,14). The molecule has 0 bridgehead atoms. The van der Waals surface area contributed by atoms with Gasteiger partial charge in [-0.15, -0.1) is 0 Å². The second-order valence-corrected chi connectivity index (χ2v) is 6.03. The monoisotopic (exact) mass is 282 g/mol. The number of likely N-dealkylation sites (N-methyl/N-ethyl adjacent to an activating group) is 1. The molecule has 1 aromatic carbocycles. The molecule has 0 amide bonds. The van der Waals surface area contributed by atoms with E-state index in [0.717, 1.165) is 19.0 Å². The molecule has 1 heterocycles. The molecule has 1 aliphatic rings. The fourth-order valence-corrected chi connectivity index (χ4v) is 2.82. The van der Waals surface area contributed by atoms with Crippen molar-refractivity contribution < 1.29 is 8.42 Å². The predicted octanol–water partition coefficient (Wildman–Crippen LogP) is -0.144. The summed E-state index contributed by atoms with van der Waals surface area (Å²) in [6.45, 7) is 2.52. The Bertz CT molecular complexity index is 542. The minimum absolute atomic E-state index is 0.283. The highest BCUT2D eigenvalue weighted by molar-refractivity contribution is 7.89. The van der Waals surface area contributed by atoms with Gasteiger partial charge in [0.2, 0.25) is 10.0 Å². The van der Waals surface area contributed by atoms with Gasteiger partial charge < -0.3 is 10.2 Å². The molecule has 0 aromatic heterocycles. The molecule has 7 heteroatoms. The highest BCUT2D eigenvalue weighted by Gasteiger charge is 2.14. The molecule has 0 saturated heterocycles. The van der Waals surface area contributed by atoms with Crippen molar-refractivity contribution >= 4 is 16.0 Å². The van der Waals surface area contributed by atoms with Gasteiger partial charge in [-0.2, -0.15) is 0 Å². The van der Waals surface area contributed by atoms with Gasteiger partial charge in [-0.05, 0) is 12.1 Å². The van der Waals surface area contributed by atoms with E-state index in [4.69, 9.17) is 0 Å². The van der Waals surface area contributed by atoms with Gasteiger partial charge in [0.1, 0.15) is 0 Å². The van der Waals surface area contributed by atoms with Crippen molar-refractivity contribution in [3.63, 3.8) is 0 Å².